The predicted molar refractivity (Wildman–Crippen MR) is 63.9 cm³/mol. The van der Waals surface area contributed by atoms with Gasteiger partial charge in [-0.2, -0.15) is 15.8 Å². The van der Waals surface area contributed by atoms with Crippen LogP contribution >= 0.6 is 23.2 Å². The lowest BCUT2D eigenvalue weighted by atomic mass is 10.2. The number of rotatable bonds is 2. The molecule has 1 aromatic carbocycles. The van der Waals surface area contributed by atoms with E-state index in [4.69, 9.17) is 39.0 Å². The van der Waals surface area contributed by atoms with Crippen molar-refractivity contribution < 1.29 is 4.39 Å². The zero-order valence-corrected chi connectivity index (χ0v) is 10.1. The summed E-state index contributed by atoms with van der Waals surface area (Å²) in [7, 11) is 0. The van der Waals surface area contributed by atoms with E-state index in [0.29, 0.717) is 0 Å². The zero-order valence-electron chi connectivity index (χ0n) is 8.63. The van der Waals surface area contributed by atoms with Gasteiger partial charge in [0.25, 0.3) is 0 Å². The van der Waals surface area contributed by atoms with Crippen molar-refractivity contribution >= 4 is 28.9 Å². The molecular weight excluding hydrogens is 278 g/mol. The second kappa shape index (κ2) is 5.89. The first-order chi connectivity index (χ1) is 8.54. The molecule has 88 valence electrons. The number of hydrogen-bond donors (Lipinski definition) is 1. The van der Waals surface area contributed by atoms with Gasteiger partial charge in [-0.3, -0.25) is 0 Å². The monoisotopic (exact) mass is 280 g/mol. The maximum atomic E-state index is 13.5. The topological polar surface area (TPSA) is 83.4 Å². The van der Waals surface area contributed by atoms with Crippen LogP contribution in [-0.4, -0.2) is 0 Å². The van der Waals surface area contributed by atoms with Crippen molar-refractivity contribution in [3.63, 3.8) is 0 Å². The van der Waals surface area contributed by atoms with E-state index in [2.05, 4.69) is 5.32 Å². The van der Waals surface area contributed by atoms with Crippen LogP contribution in [0.3, 0.4) is 0 Å². The first-order valence-electron chi connectivity index (χ1n) is 4.40. The van der Waals surface area contributed by atoms with Crippen LogP contribution < -0.4 is 5.32 Å². The molecule has 18 heavy (non-hydrogen) atoms. The molecule has 0 heterocycles. The van der Waals surface area contributed by atoms with Gasteiger partial charge in [-0.05, 0) is 12.1 Å². The fraction of sp³-hybridized carbons (Fsp3) is 0. The van der Waals surface area contributed by atoms with Gasteiger partial charge in [0.15, 0.2) is 5.57 Å². The van der Waals surface area contributed by atoms with E-state index >= 15 is 0 Å². The van der Waals surface area contributed by atoms with Crippen molar-refractivity contribution in [3.05, 3.63) is 39.3 Å². The Hall–Kier alpha value is -2.26. The minimum absolute atomic E-state index is 0.0771. The summed E-state index contributed by atoms with van der Waals surface area (Å²) in [5.41, 5.74) is -1.14. The van der Waals surface area contributed by atoms with Crippen LogP contribution in [0.5, 0.6) is 0 Å². The van der Waals surface area contributed by atoms with Gasteiger partial charge in [0.2, 0.25) is 0 Å². The highest BCUT2D eigenvalue weighted by Crippen LogP contribution is 2.33. The van der Waals surface area contributed by atoms with Crippen LogP contribution in [0.15, 0.2) is 23.4 Å². The molecule has 0 aliphatic rings. The molecule has 1 aromatic rings. The first kappa shape index (κ1) is 13.8. The lowest BCUT2D eigenvalue weighted by Gasteiger charge is -2.09. The van der Waals surface area contributed by atoms with Gasteiger partial charge in [0.05, 0.1) is 15.7 Å². The van der Waals surface area contributed by atoms with E-state index in [1.54, 1.807) is 6.07 Å². The third-order valence-electron chi connectivity index (χ3n) is 1.88. The van der Waals surface area contributed by atoms with Gasteiger partial charge < -0.3 is 5.32 Å². The standard InChI is InChI=1S/C11H3Cl2FN4/c12-7-1-2-8(14)11(10(7)13)18-9(5-17)6(3-15)4-16/h1-2,18H. The second-order valence-electron chi connectivity index (χ2n) is 2.93. The van der Waals surface area contributed by atoms with Crippen LogP contribution in [-0.2, 0) is 0 Å². The number of nitriles is 3. The van der Waals surface area contributed by atoms with E-state index in [9.17, 15) is 4.39 Å². The average Bonchev–Trinajstić information content (AvgIpc) is 2.38. The third kappa shape index (κ3) is 2.70. The van der Waals surface area contributed by atoms with E-state index < -0.39 is 17.1 Å². The predicted octanol–water partition coefficient (Wildman–Crippen LogP) is 3.37. The van der Waals surface area contributed by atoms with Crippen molar-refractivity contribution in [3.8, 4) is 18.2 Å². The smallest absolute Gasteiger partial charge is 0.163 e. The molecule has 0 fully saturated rings. The van der Waals surface area contributed by atoms with Crippen LogP contribution in [0.4, 0.5) is 10.1 Å². The Kier molecular flexibility index (Phi) is 4.52. The van der Waals surface area contributed by atoms with E-state index in [0.717, 1.165) is 6.07 Å². The molecule has 0 unspecified atom stereocenters. The molecule has 1 N–H and O–H groups in total. The highest BCUT2D eigenvalue weighted by Gasteiger charge is 2.14. The fourth-order valence-electron chi connectivity index (χ4n) is 1.05. The number of allylic oxidation sites excluding steroid dienone is 2. The SMILES string of the molecule is N#CC(C#N)=C(C#N)Nc1c(F)ccc(Cl)c1Cl. The molecule has 0 aromatic heterocycles. The van der Waals surface area contributed by atoms with Gasteiger partial charge in [-0.25, -0.2) is 4.39 Å². The normalized spacial score (nSPS) is 8.67. The molecule has 7 heteroatoms. The summed E-state index contributed by atoms with van der Waals surface area (Å²) < 4.78 is 13.5. The summed E-state index contributed by atoms with van der Waals surface area (Å²) >= 11 is 11.5. The first-order valence-corrected chi connectivity index (χ1v) is 5.15. The quantitative estimate of drug-likeness (QED) is 0.665. The lowest BCUT2D eigenvalue weighted by Crippen LogP contribution is -2.03. The van der Waals surface area contributed by atoms with Crippen molar-refractivity contribution in [1.29, 1.82) is 15.8 Å². The van der Waals surface area contributed by atoms with Crippen LogP contribution in [0, 0.1) is 39.8 Å². The highest BCUT2D eigenvalue weighted by atomic mass is 35.5. The number of halogens is 3. The van der Waals surface area contributed by atoms with Gasteiger partial charge in [-0.15, -0.1) is 0 Å². The maximum Gasteiger partial charge on any atom is 0.163 e. The van der Waals surface area contributed by atoms with Gasteiger partial charge in [0.1, 0.15) is 29.7 Å². The molecule has 0 aliphatic heterocycles. The summed E-state index contributed by atoms with van der Waals surface area (Å²) in [6.07, 6.45) is 0. The minimum atomic E-state index is -0.757. The number of nitrogens with zero attached hydrogens (tertiary/aromatic N) is 3. The molecule has 0 saturated carbocycles. The Labute approximate surface area is 112 Å². The van der Waals surface area contributed by atoms with E-state index in [-0.39, 0.29) is 15.7 Å². The van der Waals surface area contributed by atoms with Crippen molar-refractivity contribution in [1.82, 2.24) is 0 Å². The molecule has 4 nitrogen and oxygen atoms in total. The van der Waals surface area contributed by atoms with Gasteiger partial charge in [0, 0.05) is 0 Å². The number of nitrogens with one attached hydrogen (secondary N) is 1. The Morgan fingerprint density at radius 2 is 1.72 bits per heavy atom. The minimum Gasteiger partial charge on any atom is -0.341 e. The molecule has 0 aliphatic carbocycles. The van der Waals surface area contributed by atoms with Crippen LogP contribution in [0.25, 0.3) is 0 Å². The summed E-state index contributed by atoms with van der Waals surface area (Å²) in [6.45, 7) is 0. The maximum absolute atomic E-state index is 13.5. The third-order valence-corrected chi connectivity index (χ3v) is 2.68. The highest BCUT2D eigenvalue weighted by molar-refractivity contribution is 6.43. The Morgan fingerprint density at radius 3 is 2.22 bits per heavy atom. The molecule has 0 saturated heterocycles. The van der Waals surface area contributed by atoms with Gasteiger partial charge >= 0.3 is 0 Å². The summed E-state index contributed by atoms with van der Waals surface area (Å²) in [4.78, 5) is 0. The van der Waals surface area contributed by atoms with Crippen LogP contribution in [0.2, 0.25) is 10.0 Å². The summed E-state index contributed by atoms with van der Waals surface area (Å²) in [6, 6.07) is 6.90. The molecule has 0 spiro atoms. The zero-order chi connectivity index (χ0) is 13.7. The summed E-state index contributed by atoms with van der Waals surface area (Å²) in [5, 5.41) is 28.3. The Morgan fingerprint density at radius 1 is 1.11 bits per heavy atom. The van der Waals surface area contributed by atoms with Crippen LogP contribution in [0.1, 0.15) is 0 Å². The molecular formula is C11H3Cl2FN4. The fourth-order valence-corrected chi connectivity index (χ4v) is 1.41. The Balaban J connectivity index is 3.34. The van der Waals surface area contributed by atoms with E-state index in [1.807, 2.05) is 0 Å². The number of benzene rings is 1. The second-order valence-corrected chi connectivity index (χ2v) is 3.71. The van der Waals surface area contributed by atoms with Gasteiger partial charge in [-0.1, -0.05) is 23.2 Å². The Bertz CT molecular complexity index is 631. The number of hydrogen-bond acceptors (Lipinski definition) is 4. The molecule has 0 amide bonds. The molecule has 0 radical (unpaired) electrons. The number of anilines is 1. The molecule has 0 atom stereocenters. The largest absolute Gasteiger partial charge is 0.341 e. The molecule has 0 bridgehead atoms. The average molecular weight is 281 g/mol. The summed E-state index contributed by atoms with van der Waals surface area (Å²) in [5.74, 6) is -0.757. The van der Waals surface area contributed by atoms with Crippen molar-refractivity contribution in [2.75, 3.05) is 5.32 Å². The molecule has 1 rings (SSSR count). The van der Waals surface area contributed by atoms with Crippen molar-refractivity contribution in [2.24, 2.45) is 0 Å². The lowest BCUT2D eigenvalue weighted by molar-refractivity contribution is 0.631. The van der Waals surface area contributed by atoms with E-state index in [1.165, 1.54) is 18.2 Å². The van der Waals surface area contributed by atoms with Crippen molar-refractivity contribution in [2.45, 2.75) is 0 Å².